The number of phenolic OH excluding ortho intramolecular Hbond substituents is 1. The molecule has 3 heteroatoms. The fraction of sp³-hybridized carbons (Fsp3) is 0.0645. The van der Waals surface area contributed by atoms with Crippen molar-refractivity contribution in [3.8, 4) is 40.9 Å². The van der Waals surface area contributed by atoms with Crippen LogP contribution in [0.2, 0.25) is 0 Å². The van der Waals surface area contributed by atoms with E-state index in [1.54, 1.807) is 12.1 Å². The summed E-state index contributed by atoms with van der Waals surface area (Å²) in [6, 6.07) is 27.1. The van der Waals surface area contributed by atoms with Gasteiger partial charge in [0.2, 0.25) is 5.89 Å². The number of hydrogen-bond donors (Lipinski definition) is 1. The number of aromatic nitrogens is 1. The van der Waals surface area contributed by atoms with Crippen LogP contribution in [0.1, 0.15) is 33.4 Å². The molecule has 0 spiro atoms. The molecule has 0 saturated carbocycles. The fourth-order valence-corrected chi connectivity index (χ4v) is 3.51. The van der Waals surface area contributed by atoms with Gasteiger partial charge in [0.15, 0.2) is 5.58 Å². The van der Waals surface area contributed by atoms with E-state index in [1.165, 1.54) is 11.1 Å². The smallest absolute Gasteiger partial charge is 0.231 e. The number of para-hydroxylation sites is 2. The Labute approximate surface area is 198 Å². The molecule has 5 rings (SSSR count). The zero-order valence-electron chi connectivity index (χ0n) is 18.9. The van der Waals surface area contributed by atoms with E-state index in [0.29, 0.717) is 28.2 Å². The summed E-state index contributed by atoms with van der Waals surface area (Å²) < 4.78 is 5.93. The van der Waals surface area contributed by atoms with Crippen LogP contribution in [-0.2, 0) is 0 Å². The molecular formula is C31H21NO2. The minimum absolute atomic E-state index is 0.0204. The van der Waals surface area contributed by atoms with Crippen molar-refractivity contribution in [3.63, 3.8) is 0 Å². The van der Waals surface area contributed by atoms with Crippen molar-refractivity contribution in [2.45, 2.75) is 13.8 Å². The van der Waals surface area contributed by atoms with Gasteiger partial charge >= 0.3 is 0 Å². The highest BCUT2D eigenvalue weighted by molar-refractivity contribution is 5.79. The third kappa shape index (κ3) is 4.56. The number of nitrogens with zero attached hydrogens (tertiary/aromatic N) is 1. The van der Waals surface area contributed by atoms with E-state index in [2.05, 4.69) is 28.7 Å². The number of aromatic hydroxyl groups is 1. The van der Waals surface area contributed by atoms with Crippen LogP contribution in [-0.4, -0.2) is 10.1 Å². The Morgan fingerprint density at radius 1 is 0.676 bits per heavy atom. The number of aryl methyl sites for hydroxylation is 2. The van der Waals surface area contributed by atoms with Gasteiger partial charge in [0.1, 0.15) is 11.3 Å². The largest absolute Gasteiger partial charge is 0.506 e. The molecule has 0 radical (unpaired) electrons. The van der Waals surface area contributed by atoms with Crippen LogP contribution in [0.5, 0.6) is 5.75 Å². The number of oxazole rings is 1. The zero-order chi connectivity index (χ0) is 23.5. The van der Waals surface area contributed by atoms with E-state index in [1.807, 2.05) is 86.6 Å². The minimum Gasteiger partial charge on any atom is -0.506 e. The van der Waals surface area contributed by atoms with Crippen molar-refractivity contribution < 1.29 is 9.52 Å². The molecule has 1 heterocycles. The second-order valence-electron chi connectivity index (χ2n) is 8.14. The highest BCUT2D eigenvalue weighted by Crippen LogP contribution is 2.34. The van der Waals surface area contributed by atoms with Crippen molar-refractivity contribution in [2.24, 2.45) is 0 Å². The summed E-state index contributed by atoms with van der Waals surface area (Å²) in [4.78, 5) is 4.56. The average molecular weight is 440 g/mol. The quantitative estimate of drug-likeness (QED) is 0.299. The average Bonchev–Trinajstić information content (AvgIpc) is 3.28. The van der Waals surface area contributed by atoms with Gasteiger partial charge < -0.3 is 9.52 Å². The lowest BCUT2D eigenvalue weighted by Crippen LogP contribution is -1.88. The van der Waals surface area contributed by atoms with Crippen LogP contribution < -0.4 is 0 Å². The predicted octanol–water partition coefficient (Wildman–Crippen LogP) is 6.62. The SMILES string of the molecule is Cc1ccc(C#Cc2cc(C#Cc3ccc(C)cc3)c(O)c(-c3nc4ccccc4o3)c2)cc1. The molecule has 162 valence electrons. The van der Waals surface area contributed by atoms with Crippen LogP contribution in [0.25, 0.3) is 22.6 Å². The number of rotatable bonds is 1. The van der Waals surface area contributed by atoms with E-state index < -0.39 is 0 Å². The van der Waals surface area contributed by atoms with E-state index in [0.717, 1.165) is 16.6 Å². The molecule has 3 nitrogen and oxygen atoms in total. The predicted molar refractivity (Wildman–Crippen MR) is 135 cm³/mol. The third-order valence-electron chi connectivity index (χ3n) is 5.43. The maximum absolute atomic E-state index is 11.1. The molecule has 1 aromatic heterocycles. The van der Waals surface area contributed by atoms with Gasteiger partial charge in [0, 0.05) is 16.7 Å². The van der Waals surface area contributed by atoms with Gasteiger partial charge in [0.05, 0.1) is 11.1 Å². The van der Waals surface area contributed by atoms with Crippen LogP contribution in [0.15, 0.2) is 89.3 Å². The van der Waals surface area contributed by atoms with E-state index >= 15 is 0 Å². The molecule has 0 unspecified atom stereocenters. The molecule has 0 bridgehead atoms. The van der Waals surface area contributed by atoms with Crippen LogP contribution in [0.4, 0.5) is 0 Å². The van der Waals surface area contributed by atoms with Gasteiger partial charge in [-0.05, 0) is 62.4 Å². The zero-order valence-corrected chi connectivity index (χ0v) is 18.9. The number of hydrogen-bond acceptors (Lipinski definition) is 3. The fourth-order valence-electron chi connectivity index (χ4n) is 3.51. The maximum Gasteiger partial charge on any atom is 0.231 e. The van der Waals surface area contributed by atoms with Crippen molar-refractivity contribution >= 4 is 11.1 Å². The number of benzene rings is 4. The van der Waals surface area contributed by atoms with Crippen molar-refractivity contribution in [3.05, 3.63) is 118 Å². The summed E-state index contributed by atoms with van der Waals surface area (Å²) >= 11 is 0. The maximum atomic E-state index is 11.1. The van der Waals surface area contributed by atoms with Crippen molar-refractivity contribution in [1.82, 2.24) is 4.98 Å². The lowest BCUT2D eigenvalue weighted by atomic mass is 10.0. The van der Waals surface area contributed by atoms with Crippen molar-refractivity contribution in [1.29, 1.82) is 0 Å². The van der Waals surface area contributed by atoms with Crippen LogP contribution >= 0.6 is 0 Å². The Morgan fingerprint density at radius 3 is 1.91 bits per heavy atom. The standard InChI is InChI=1S/C31H21NO2/c1-21-7-11-23(12-8-21)15-16-25-19-26(18-17-24-13-9-22(2)10-14-24)30(33)27(20-25)31-32-28-5-3-4-6-29(28)34-31/h3-14,19-20,33H,1-2H3. The third-order valence-corrected chi connectivity index (χ3v) is 5.43. The Bertz CT molecular complexity index is 1580. The second kappa shape index (κ2) is 9.02. The van der Waals surface area contributed by atoms with Gasteiger partial charge in [-0.2, -0.15) is 0 Å². The van der Waals surface area contributed by atoms with E-state index in [9.17, 15) is 5.11 Å². The summed E-state index contributed by atoms with van der Waals surface area (Å²) in [6.07, 6.45) is 0. The van der Waals surface area contributed by atoms with E-state index in [-0.39, 0.29) is 5.75 Å². The first-order valence-corrected chi connectivity index (χ1v) is 11.0. The van der Waals surface area contributed by atoms with Gasteiger partial charge in [-0.1, -0.05) is 71.2 Å². The summed E-state index contributed by atoms with van der Waals surface area (Å²) in [5, 5.41) is 11.1. The Kier molecular flexibility index (Phi) is 5.61. The van der Waals surface area contributed by atoms with Gasteiger partial charge in [-0.15, -0.1) is 0 Å². The van der Waals surface area contributed by atoms with Gasteiger partial charge in [-0.25, -0.2) is 4.98 Å². The Morgan fingerprint density at radius 2 is 1.26 bits per heavy atom. The van der Waals surface area contributed by atoms with Crippen LogP contribution in [0, 0.1) is 37.5 Å². The lowest BCUT2D eigenvalue weighted by molar-refractivity contribution is 0.472. The molecule has 0 saturated heterocycles. The summed E-state index contributed by atoms with van der Waals surface area (Å²) in [6.45, 7) is 4.08. The molecule has 0 aliphatic carbocycles. The molecule has 1 N–H and O–H groups in total. The van der Waals surface area contributed by atoms with Gasteiger partial charge in [0.25, 0.3) is 0 Å². The molecule has 0 aliphatic heterocycles. The molecule has 4 aromatic carbocycles. The van der Waals surface area contributed by atoms with Gasteiger partial charge in [-0.3, -0.25) is 0 Å². The molecule has 0 amide bonds. The molecule has 5 aromatic rings. The van der Waals surface area contributed by atoms with Crippen molar-refractivity contribution in [2.75, 3.05) is 0 Å². The Hall–Kier alpha value is -4.73. The number of fused-ring (bicyclic) bond motifs is 1. The first-order valence-electron chi connectivity index (χ1n) is 11.0. The van der Waals surface area contributed by atoms with Crippen LogP contribution in [0.3, 0.4) is 0 Å². The first-order chi connectivity index (χ1) is 16.5. The summed E-state index contributed by atoms with van der Waals surface area (Å²) in [5.41, 5.74) is 7.14. The summed E-state index contributed by atoms with van der Waals surface area (Å²) in [5.74, 6) is 13.0. The highest BCUT2D eigenvalue weighted by Gasteiger charge is 2.16. The molecular weight excluding hydrogens is 418 g/mol. The molecule has 0 fully saturated rings. The Balaban J connectivity index is 1.63. The molecule has 0 aliphatic rings. The summed E-state index contributed by atoms with van der Waals surface area (Å²) in [7, 11) is 0. The molecule has 34 heavy (non-hydrogen) atoms. The topological polar surface area (TPSA) is 46.3 Å². The number of phenols is 1. The lowest BCUT2D eigenvalue weighted by Gasteiger charge is -2.05. The monoisotopic (exact) mass is 439 g/mol. The highest BCUT2D eigenvalue weighted by atomic mass is 16.3. The second-order valence-corrected chi connectivity index (χ2v) is 8.14. The molecule has 0 atom stereocenters. The van der Waals surface area contributed by atoms with E-state index in [4.69, 9.17) is 4.42 Å². The normalized spacial score (nSPS) is 10.3. The minimum atomic E-state index is 0.0204. The first kappa shape index (κ1) is 21.1.